The zero-order valence-electron chi connectivity index (χ0n) is 18.5. The zero-order valence-corrected chi connectivity index (χ0v) is 19.3. The molecule has 0 saturated heterocycles. The molecule has 3 nitrogen and oxygen atoms in total. The lowest BCUT2D eigenvalue weighted by molar-refractivity contribution is 0.242. The average Bonchev–Trinajstić information content (AvgIpc) is 2.73. The van der Waals surface area contributed by atoms with Crippen LogP contribution in [-0.4, -0.2) is 36.7 Å². The molecule has 0 atom stereocenters. The molecular formula is C23H44ClN3. The fourth-order valence-electron chi connectivity index (χ4n) is 2.87. The Balaban J connectivity index is 0. The van der Waals surface area contributed by atoms with Crippen LogP contribution in [-0.2, 0) is 0 Å². The normalized spacial score (nSPS) is 15.1. The summed E-state index contributed by atoms with van der Waals surface area (Å²) in [6, 6.07) is 0. The van der Waals surface area contributed by atoms with E-state index < -0.39 is 0 Å². The van der Waals surface area contributed by atoms with Crippen molar-refractivity contribution >= 4 is 17.8 Å². The number of hydrazone groups is 1. The first-order chi connectivity index (χ1) is 13.2. The lowest BCUT2D eigenvalue weighted by Gasteiger charge is -2.29. The fraction of sp³-hybridized carbons (Fsp3) is 0.696. The van der Waals surface area contributed by atoms with E-state index in [4.69, 9.17) is 11.6 Å². The first kappa shape index (κ1) is 28.2. The van der Waals surface area contributed by atoms with Gasteiger partial charge >= 0.3 is 0 Å². The maximum atomic E-state index is 5.07. The number of hydrogen-bond donors (Lipinski definition) is 1. The molecule has 4 heteroatoms. The van der Waals surface area contributed by atoms with Gasteiger partial charge in [-0.3, -0.25) is 5.01 Å². The minimum Gasteiger partial charge on any atom is -0.317 e. The molecule has 27 heavy (non-hydrogen) atoms. The Morgan fingerprint density at radius 1 is 1.22 bits per heavy atom. The Morgan fingerprint density at radius 2 is 1.85 bits per heavy atom. The summed E-state index contributed by atoms with van der Waals surface area (Å²) < 4.78 is 0. The van der Waals surface area contributed by atoms with E-state index in [0.717, 1.165) is 32.0 Å². The SMILES string of the molecule is C/C=C/C=N/N(CC1CCCCC1)/C(=C/C)CCNCC.C=CCCl.CC. The smallest absolute Gasteiger partial charge is 0.0471 e. The van der Waals surface area contributed by atoms with E-state index in [1.54, 1.807) is 6.08 Å². The van der Waals surface area contributed by atoms with Gasteiger partial charge in [-0.05, 0) is 45.2 Å². The topological polar surface area (TPSA) is 27.6 Å². The average molecular weight is 398 g/mol. The Labute approximate surface area is 174 Å². The quantitative estimate of drug-likeness (QED) is 0.145. The second-order valence-electron chi connectivity index (χ2n) is 6.20. The molecule has 0 amide bonds. The number of alkyl halides is 1. The lowest BCUT2D eigenvalue weighted by Crippen LogP contribution is -2.28. The minimum absolute atomic E-state index is 0.556. The van der Waals surface area contributed by atoms with Crippen LogP contribution in [0.3, 0.4) is 0 Å². The Bertz CT molecular complexity index is 396. The summed E-state index contributed by atoms with van der Waals surface area (Å²) in [5.41, 5.74) is 1.34. The number of nitrogens with zero attached hydrogens (tertiary/aromatic N) is 2. The zero-order chi connectivity index (χ0) is 20.8. The van der Waals surface area contributed by atoms with Crippen molar-refractivity contribution in [2.45, 2.75) is 73.1 Å². The molecule has 0 aromatic rings. The summed E-state index contributed by atoms with van der Waals surface area (Å²) in [5.74, 6) is 1.36. The highest BCUT2D eigenvalue weighted by Crippen LogP contribution is 2.26. The largest absolute Gasteiger partial charge is 0.317 e. The molecule has 0 aliphatic heterocycles. The summed E-state index contributed by atoms with van der Waals surface area (Å²) in [7, 11) is 0. The fourth-order valence-corrected chi connectivity index (χ4v) is 2.87. The molecule has 0 unspecified atom stereocenters. The number of nitrogens with one attached hydrogen (secondary N) is 1. The van der Waals surface area contributed by atoms with Crippen LogP contribution in [0.25, 0.3) is 0 Å². The highest BCUT2D eigenvalue weighted by atomic mass is 35.5. The molecule has 1 aliphatic carbocycles. The van der Waals surface area contributed by atoms with Crippen molar-refractivity contribution in [3.8, 4) is 0 Å². The van der Waals surface area contributed by atoms with Crippen LogP contribution in [0.1, 0.15) is 73.1 Å². The summed E-state index contributed by atoms with van der Waals surface area (Å²) >= 11 is 5.07. The van der Waals surface area contributed by atoms with E-state index >= 15 is 0 Å². The van der Waals surface area contributed by atoms with Gasteiger partial charge in [0.1, 0.15) is 0 Å². The third-order valence-electron chi connectivity index (χ3n) is 4.22. The molecule has 0 bridgehead atoms. The highest BCUT2D eigenvalue weighted by molar-refractivity contribution is 6.18. The molecule has 0 radical (unpaired) electrons. The van der Waals surface area contributed by atoms with Crippen molar-refractivity contribution in [1.29, 1.82) is 0 Å². The number of rotatable bonds is 10. The van der Waals surface area contributed by atoms with Gasteiger partial charge in [-0.2, -0.15) is 5.10 Å². The summed E-state index contributed by atoms with van der Waals surface area (Å²) in [5, 5.41) is 10.3. The van der Waals surface area contributed by atoms with Crippen LogP contribution in [0, 0.1) is 5.92 Å². The van der Waals surface area contributed by atoms with Gasteiger partial charge in [0.2, 0.25) is 0 Å². The van der Waals surface area contributed by atoms with Gasteiger partial charge in [0, 0.05) is 37.3 Å². The monoisotopic (exact) mass is 397 g/mol. The molecular weight excluding hydrogens is 354 g/mol. The van der Waals surface area contributed by atoms with E-state index in [-0.39, 0.29) is 0 Å². The van der Waals surface area contributed by atoms with Crippen molar-refractivity contribution in [1.82, 2.24) is 10.3 Å². The molecule has 1 rings (SSSR count). The predicted octanol–water partition coefficient (Wildman–Crippen LogP) is 6.77. The molecule has 1 fully saturated rings. The number of allylic oxidation sites excluding steroid dienone is 4. The van der Waals surface area contributed by atoms with Crippen molar-refractivity contribution in [2.24, 2.45) is 11.0 Å². The highest BCUT2D eigenvalue weighted by Gasteiger charge is 2.18. The van der Waals surface area contributed by atoms with Crippen molar-refractivity contribution < 1.29 is 0 Å². The van der Waals surface area contributed by atoms with Crippen LogP contribution in [0.5, 0.6) is 0 Å². The van der Waals surface area contributed by atoms with Gasteiger partial charge in [-0.15, -0.1) is 18.2 Å². The van der Waals surface area contributed by atoms with Crippen molar-refractivity contribution in [2.75, 3.05) is 25.5 Å². The molecule has 158 valence electrons. The number of hydrogen-bond acceptors (Lipinski definition) is 3. The Kier molecular flexibility index (Phi) is 24.0. The third-order valence-corrected chi connectivity index (χ3v) is 4.44. The molecule has 0 spiro atoms. The summed E-state index contributed by atoms with van der Waals surface area (Å²) in [6.07, 6.45) is 17.8. The van der Waals surface area contributed by atoms with Crippen molar-refractivity contribution in [3.05, 3.63) is 36.6 Å². The first-order valence-corrected chi connectivity index (χ1v) is 11.2. The van der Waals surface area contributed by atoms with Gasteiger partial charge in [0.25, 0.3) is 0 Å². The van der Waals surface area contributed by atoms with Crippen molar-refractivity contribution in [3.63, 3.8) is 0 Å². The lowest BCUT2D eigenvalue weighted by atomic mass is 9.89. The Hall–Kier alpha value is -1.06. The molecule has 1 N–H and O–H groups in total. The standard InChI is InChI=1S/C18H33N3.C3H5Cl.C2H6/c1-4-7-14-20-21(16-17-11-9-8-10-12-17)18(5-2)13-15-19-6-3;1-2-3-4;1-2/h4-5,7,14,17,19H,6,8-13,15-16H2,1-3H3;2H,1,3H2;1-2H3/b7-4+,18-5+,20-14+;;. The van der Waals surface area contributed by atoms with E-state index in [2.05, 4.69) is 41.9 Å². The first-order valence-electron chi connectivity index (χ1n) is 10.7. The maximum Gasteiger partial charge on any atom is 0.0471 e. The van der Waals surface area contributed by atoms with Crippen LogP contribution in [0.2, 0.25) is 0 Å². The van der Waals surface area contributed by atoms with Crippen LogP contribution >= 0.6 is 11.6 Å². The van der Waals surface area contributed by atoms with Gasteiger partial charge in [-0.25, -0.2) is 0 Å². The van der Waals surface area contributed by atoms with E-state index in [9.17, 15) is 0 Å². The van der Waals surface area contributed by atoms with E-state index in [1.807, 2.05) is 39.1 Å². The van der Waals surface area contributed by atoms with Gasteiger partial charge in [-0.1, -0.05) is 58.3 Å². The molecule has 1 aliphatic rings. The van der Waals surface area contributed by atoms with Crippen LogP contribution in [0.4, 0.5) is 0 Å². The maximum absolute atomic E-state index is 5.07. The molecule has 1 saturated carbocycles. The number of halogens is 1. The second kappa shape index (κ2) is 23.0. The van der Waals surface area contributed by atoms with Crippen LogP contribution in [0.15, 0.2) is 41.7 Å². The third kappa shape index (κ3) is 16.8. The second-order valence-corrected chi connectivity index (χ2v) is 6.51. The summed E-state index contributed by atoms with van der Waals surface area (Å²) in [4.78, 5) is 0. The van der Waals surface area contributed by atoms with E-state index in [1.165, 1.54) is 37.8 Å². The van der Waals surface area contributed by atoms with E-state index in [0.29, 0.717) is 5.88 Å². The molecule has 0 aromatic heterocycles. The van der Waals surface area contributed by atoms with Crippen LogP contribution < -0.4 is 5.32 Å². The minimum atomic E-state index is 0.556. The Morgan fingerprint density at radius 3 is 2.33 bits per heavy atom. The molecule has 0 heterocycles. The predicted molar refractivity (Wildman–Crippen MR) is 126 cm³/mol. The van der Waals surface area contributed by atoms with Gasteiger partial charge in [0.15, 0.2) is 0 Å². The molecule has 0 aromatic carbocycles. The summed E-state index contributed by atoms with van der Waals surface area (Å²) in [6.45, 7) is 16.8. The van der Waals surface area contributed by atoms with Gasteiger partial charge < -0.3 is 5.32 Å². The van der Waals surface area contributed by atoms with Gasteiger partial charge in [0.05, 0.1) is 0 Å².